The number of hydrogen-bond acceptors (Lipinski definition) is 3. The van der Waals surface area contributed by atoms with Crippen LogP contribution in [-0.2, 0) is 15.8 Å². The second kappa shape index (κ2) is 11.8. The van der Waals surface area contributed by atoms with E-state index in [1.165, 1.54) is 11.4 Å². The van der Waals surface area contributed by atoms with Crippen LogP contribution in [0.1, 0.15) is 27.4 Å². The van der Waals surface area contributed by atoms with E-state index in [0.717, 1.165) is 24.3 Å². The molecule has 0 unspecified atom stereocenters. The number of carbonyl (C=O) groups excluding carboxylic acids is 3. The fourth-order valence-corrected chi connectivity index (χ4v) is 5.18. The zero-order chi connectivity index (χ0) is 32.0. The van der Waals surface area contributed by atoms with E-state index in [2.05, 4.69) is 5.32 Å². The number of benzene rings is 3. The van der Waals surface area contributed by atoms with Crippen LogP contribution in [0.4, 0.5) is 52.2 Å². The highest BCUT2D eigenvalue weighted by Gasteiger charge is 2.67. The van der Waals surface area contributed by atoms with E-state index in [4.69, 9.17) is 34.8 Å². The molecule has 1 aliphatic rings. The summed E-state index contributed by atoms with van der Waals surface area (Å²) < 4.78 is 105. The molecule has 0 aliphatic heterocycles. The lowest BCUT2D eigenvalue weighted by molar-refractivity contribution is -0.140. The summed E-state index contributed by atoms with van der Waals surface area (Å²) in [5, 5.41) is 5.56. The molecule has 1 aliphatic carbocycles. The second-order valence-electron chi connectivity index (χ2n) is 9.08. The van der Waals surface area contributed by atoms with Gasteiger partial charge in [-0.25, -0.2) is 13.2 Å². The maximum Gasteiger partial charge on any atom is 0.419 e. The topological polar surface area (TPSA) is 87.3 Å². The first kappa shape index (κ1) is 32.3. The van der Waals surface area contributed by atoms with Crippen molar-refractivity contribution in [3.8, 4) is 0 Å². The summed E-state index contributed by atoms with van der Waals surface area (Å²) in [7, 11) is 0. The van der Waals surface area contributed by atoms with Gasteiger partial charge in [-0.2, -0.15) is 22.0 Å². The van der Waals surface area contributed by atoms with Crippen LogP contribution >= 0.6 is 34.8 Å². The van der Waals surface area contributed by atoms with Crippen molar-refractivity contribution < 1.29 is 49.5 Å². The third-order valence-electron chi connectivity index (χ3n) is 6.26. The van der Waals surface area contributed by atoms with Crippen LogP contribution < -0.4 is 16.0 Å². The van der Waals surface area contributed by atoms with Gasteiger partial charge in [0.25, 0.3) is 11.8 Å². The normalized spacial score (nSPS) is 17.4. The Morgan fingerprint density at radius 1 is 0.860 bits per heavy atom. The first-order valence-corrected chi connectivity index (χ1v) is 12.8. The Kier molecular flexibility index (Phi) is 8.87. The SMILES string of the molecule is O=C(Nc1ccc(F)c(NC(=O)C(F)F)c1F)c1cc(NC(=O)[C@H]2[C@H](c3ccc(F)c(C(F)(F)F)c3)C2(Cl)Cl)ccc1Cl. The summed E-state index contributed by atoms with van der Waals surface area (Å²) in [5.74, 6) is -11.0. The van der Waals surface area contributed by atoms with Gasteiger partial charge < -0.3 is 16.0 Å². The average molecular weight is 675 g/mol. The van der Waals surface area contributed by atoms with Crippen LogP contribution in [0, 0.1) is 23.4 Å². The van der Waals surface area contributed by atoms with E-state index in [1.54, 1.807) is 0 Å². The molecule has 1 fully saturated rings. The lowest BCUT2D eigenvalue weighted by atomic mass is 10.0. The first-order chi connectivity index (χ1) is 19.9. The molecule has 17 heteroatoms. The zero-order valence-electron chi connectivity index (χ0n) is 20.7. The molecule has 0 aromatic heterocycles. The van der Waals surface area contributed by atoms with Crippen LogP contribution in [0.3, 0.4) is 0 Å². The highest BCUT2D eigenvalue weighted by molar-refractivity contribution is 6.53. The Balaban J connectivity index is 1.53. The van der Waals surface area contributed by atoms with Crippen LogP contribution in [0.15, 0.2) is 48.5 Å². The van der Waals surface area contributed by atoms with Crippen molar-refractivity contribution in [1.29, 1.82) is 0 Å². The highest BCUT2D eigenvalue weighted by Crippen LogP contribution is 2.65. The van der Waals surface area contributed by atoms with Gasteiger partial charge in [0.15, 0.2) is 5.82 Å². The second-order valence-corrected chi connectivity index (χ2v) is 10.9. The zero-order valence-corrected chi connectivity index (χ0v) is 23.0. The van der Waals surface area contributed by atoms with E-state index in [9.17, 15) is 49.5 Å². The van der Waals surface area contributed by atoms with E-state index < -0.39 is 80.9 Å². The summed E-state index contributed by atoms with van der Waals surface area (Å²) in [5.41, 5.74) is -4.16. The van der Waals surface area contributed by atoms with Gasteiger partial charge in [-0.15, -0.1) is 23.2 Å². The molecule has 3 N–H and O–H groups in total. The van der Waals surface area contributed by atoms with Crippen molar-refractivity contribution in [2.45, 2.75) is 22.9 Å². The highest BCUT2D eigenvalue weighted by atomic mass is 35.5. The summed E-state index contributed by atoms with van der Waals surface area (Å²) in [4.78, 5) is 37.0. The van der Waals surface area contributed by atoms with E-state index in [1.807, 2.05) is 5.32 Å². The number of halogens is 11. The monoisotopic (exact) mass is 673 g/mol. The summed E-state index contributed by atoms with van der Waals surface area (Å²) in [6.45, 7) is 0. The summed E-state index contributed by atoms with van der Waals surface area (Å²) in [6, 6.07) is 6.81. The fraction of sp³-hybridized carbons (Fsp3) is 0.192. The van der Waals surface area contributed by atoms with E-state index >= 15 is 0 Å². The maximum absolute atomic E-state index is 14.7. The molecule has 6 nitrogen and oxygen atoms in total. The van der Waals surface area contributed by atoms with Gasteiger partial charge in [0, 0.05) is 11.6 Å². The standard InChI is InChI=1S/C26H14Cl3F8N3O3/c27-13-3-2-10(8-11(13)22(41)39-16-6-5-15(31)20(19(16)32)40-24(43)21(33)34)38-23(42)18-17(25(18,28)29)9-1-4-14(30)12(7-9)26(35,36)37/h1-8,17-18,21H,(H,38,42)(H,39,41)(H,40,43)/t17-,18+/m0/s1. The predicted molar refractivity (Wildman–Crippen MR) is 141 cm³/mol. The molecule has 4 rings (SSSR count). The Morgan fingerprint density at radius 3 is 2.14 bits per heavy atom. The quantitative estimate of drug-likeness (QED) is 0.177. The Bertz CT molecular complexity index is 1640. The molecule has 43 heavy (non-hydrogen) atoms. The van der Waals surface area contributed by atoms with Gasteiger partial charge in [0.2, 0.25) is 5.91 Å². The molecule has 1 saturated carbocycles. The Hall–Kier alpha value is -3.62. The number of anilines is 3. The van der Waals surface area contributed by atoms with Gasteiger partial charge in [0.1, 0.15) is 21.7 Å². The maximum atomic E-state index is 14.7. The van der Waals surface area contributed by atoms with Gasteiger partial charge >= 0.3 is 12.6 Å². The number of alkyl halides is 7. The molecule has 3 aromatic rings. The molecule has 0 radical (unpaired) electrons. The minimum Gasteiger partial charge on any atom is -0.326 e. The van der Waals surface area contributed by atoms with Gasteiger partial charge in [-0.1, -0.05) is 17.7 Å². The van der Waals surface area contributed by atoms with Crippen molar-refractivity contribution >= 4 is 69.6 Å². The molecule has 2 atom stereocenters. The lowest BCUT2D eigenvalue weighted by Crippen LogP contribution is -2.22. The molecule has 0 saturated heterocycles. The van der Waals surface area contributed by atoms with Gasteiger partial charge in [-0.05, 0) is 48.0 Å². The summed E-state index contributed by atoms with van der Waals surface area (Å²) >= 11 is 18.4. The molecule has 3 aromatic carbocycles. The Morgan fingerprint density at radius 2 is 1.51 bits per heavy atom. The molecule has 228 valence electrons. The third kappa shape index (κ3) is 6.65. The summed E-state index contributed by atoms with van der Waals surface area (Å²) in [6.07, 6.45) is -8.61. The molecule has 0 bridgehead atoms. The lowest BCUT2D eigenvalue weighted by Gasteiger charge is -2.13. The smallest absolute Gasteiger partial charge is 0.326 e. The van der Waals surface area contributed by atoms with Crippen LogP contribution in [0.5, 0.6) is 0 Å². The first-order valence-electron chi connectivity index (χ1n) is 11.7. The minimum absolute atomic E-state index is 0.0890. The Labute approximate surface area is 251 Å². The number of nitrogens with one attached hydrogen (secondary N) is 3. The van der Waals surface area contributed by atoms with Crippen molar-refractivity contribution in [2.75, 3.05) is 16.0 Å². The molecular weight excluding hydrogens is 661 g/mol. The molecule has 0 spiro atoms. The molecule has 0 heterocycles. The van der Waals surface area contributed by atoms with Crippen molar-refractivity contribution in [1.82, 2.24) is 0 Å². The van der Waals surface area contributed by atoms with Crippen LogP contribution in [-0.4, -0.2) is 28.5 Å². The molecular formula is C26H14Cl3F8N3O3. The van der Waals surface area contributed by atoms with Crippen molar-refractivity contribution in [3.05, 3.63) is 87.7 Å². The number of rotatable bonds is 7. The third-order valence-corrected chi connectivity index (χ3v) is 7.53. The number of amides is 3. The number of carbonyl (C=O) groups is 3. The average Bonchev–Trinajstić information content (AvgIpc) is 3.50. The van der Waals surface area contributed by atoms with E-state index in [0.29, 0.717) is 18.2 Å². The van der Waals surface area contributed by atoms with Crippen molar-refractivity contribution in [3.63, 3.8) is 0 Å². The number of hydrogen-bond donors (Lipinski definition) is 3. The molecule has 3 amide bonds. The van der Waals surface area contributed by atoms with Gasteiger partial charge in [0.05, 0.1) is 27.8 Å². The minimum atomic E-state index is -5.02. The van der Waals surface area contributed by atoms with Crippen molar-refractivity contribution in [2.24, 2.45) is 5.92 Å². The van der Waals surface area contributed by atoms with E-state index in [-0.39, 0.29) is 21.8 Å². The largest absolute Gasteiger partial charge is 0.419 e. The van der Waals surface area contributed by atoms with Gasteiger partial charge in [-0.3, -0.25) is 14.4 Å². The van der Waals surface area contributed by atoms with Crippen LogP contribution in [0.2, 0.25) is 5.02 Å². The fourth-order valence-electron chi connectivity index (χ4n) is 4.15. The van der Waals surface area contributed by atoms with Crippen LogP contribution in [0.25, 0.3) is 0 Å². The predicted octanol–water partition coefficient (Wildman–Crippen LogP) is 7.76.